The highest BCUT2D eigenvalue weighted by Crippen LogP contribution is 2.27. The summed E-state index contributed by atoms with van der Waals surface area (Å²) < 4.78 is 5.41. The molecule has 3 amide bonds. The first-order chi connectivity index (χ1) is 19.4. The van der Waals surface area contributed by atoms with Crippen LogP contribution in [0.4, 0.5) is 4.79 Å². The van der Waals surface area contributed by atoms with Crippen LogP contribution in [0.25, 0.3) is 0 Å². The number of nitrogens with one attached hydrogen (secondary N) is 2. The van der Waals surface area contributed by atoms with Gasteiger partial charge in [-0.3, -0.25) is 14.5 Å². The van der Waals surface area contributed by atoms with Gasteiger partial charge in [0.15, 0.2) is 0 Å². The molecule has 3 N–H and O–H groups in total. The fourth-order valence-corrected chi connectivity index (χ4v) is 4.28. The molecule has 0 saturated heterocycles. The van der Waals surface area contributed by atoms with Crippen molar-refractivity contribution in [2.75, 3.05) is 0 Å². The van der Waals surface area contributed by atoms with Crippen LogP contribution in [0.5, 0.6) is 5.75 Å². The lowest BCUT2D eigenvalue weighted by Gasteiger charge is -2.31. The zero-order chi connectivity index (χ0) is 30.2. The molecule has 3 aromatic carbocycles. The van der Waals surface area contributed by atoms with Gasteiger partial charge in [-0.25, -0.2) is 4.79 Å². The molecule has 0 fully saturated rings. The van der Waals surface area contributed by atoms with Crippen LogP contribution in [-0.2, 0) is 27.3 Å². The molecule has 0 aliphatic carbocycles. The highest BCUT2D eigenvalue weighted by atomic mass is 16.6. The highest BCUT2D eigenvalue weighted by molar-refractivity contribution is 5.93. The summed E-state index contributed by atoms with van der Waals surface area (Å²) >= 11 is 0. The Morgan fingerprint density at radius 1 is 0.976 bits per heavy atom. The van der Waals surface area contributed by atoms with E-state index < -0.39 is 35.6 Å². The summed E-state index contributed by atoms with van der Waals surface area (Å²) in [5.74, 6) is -1.06. The smallest absolute Gasteiger partial charge is 0.408 e. The summed E-state index contributed by atoms with van der Waals surface area (Å²) in [5.41, 5.74) is 2.98. The van der Waals surface area contributed by atoms with Crippen LogP contribution in [0.1, 0.15) is 54.6 Å². The van der Waals surface area contributed by atoms with Crippen LogP contribution in [0.3, 0.4) is 0 Å². The Bertz CT molecular complexity index is 1410. The Morgan fingerprint density at radius 2 is 1.63 bits per heavy atom. The van der Waals surface area contributed by atoms with Gasteiger partial charge in [0, 0.05) is 19.0 Å². The number of terminal acetylenes is 1. The molecule has 8 nitrogen and oxygen atoms in total. The first kappa shape index (κ1) is 30.8. The summed E-state index contributed by atoms with van der Waals surface area (Å²) in [6.45, 7) is 9.11. The molecule has 0 heterocycles. The summed E-state index contributed by atoms with van der Waals surface area (Å²) in [4.78, 5) is 41.7. The maximum atomic E-state index is 14.1. The average molecular weight is 556 g/mol. The number of benzene rings is 3. The average Bonchev–Trinajstić information content (AvgIpc) is 2.92. The maximum Gasteiger partial charge on any atom is 0.408 e. The number of nitrogens with zero attached hydrogens (tertiary/aromatic N) is 1. The van der Waals surface area contributed by atoms with Gasteiger partial charge in [0.2, 0.25) is 5.91 Å². The van der Waals surface area contributed by atoms with Gasteiger partial charge in [-0.2, -0.15) is 0 Å². The minimum absolute atomic E-state index is 0.0433. The van der Waals surface area contributed by atoms with Crippen LogP contribution in [0.2, 0.25) is 0 Å². The molecule has 214 valence electrons. The lowest BCUT2D eigenvalue weighted by Crippen LogP contribution is -2.52. The topological polar surface area (TPSA) is 108 Å². The molecule has 3 aromatic rings. The predicted molar refractivity (Wildman–Crippen MR) is 158 cm³/mol. The van der Waals surface area contributed by atoms with Crippen LogP contribution in [0.15, 0.2) is 72.8 Å². The highest BCUT2D eigenvalue weighted by Gasteiger charge is 2.36. The lowest BCUT2D eigenvalue weighted by atomic mass is 9.95. The zero-order valence-electron chi connectivity index (χ0n) is 24.1. The number of amides is 3. The number of aryl methyl sites for hydroxylation is 2. The quantitative estimate of drug-likeness (QED) is 0.257. The second-order valence-electron chi connectivity index (χ2n) is 10.9. The Kier molecular flexibility index (Phi) is 10.2. The molecule has 0 saturated carbocycles. The molecule has 3 rings (SSSR count). The Balaban J connectivity index is 2.00. The summed E-state index contributed by atoms with van der Waals surface area (Å²) in [7, 11) is 0. The molecule has 2 unspecified atom stereocenters. The van der Waals surface area contributed by atoms with E-state index in [0.29, 0.717) is 11.1 Å². The van der Waals surface area contributed by atoms with Crippen LogP contribution < -0.4 is 10.6 Å². The second kappa shape index (κ2) is 13.5. The molecule has 0 aromatic heterocycles. The summed E-state index contributed by atoms with van der Waals surface area (Å²) in [6, 6.07) is 21.3. The standard InChI is InChI=1S/C33H37N3O5/c1-7-36(31(39)28(35-32(40)41-33(4,5)6)20-24-15-17-26(37)18-16-24)29(27-19-22(2)13-14-23(27)3)30(38)34-21-25-11-9-8-10-12-25/h1,8-19,28-29,37H,20-21H2,2-6H3,(H,34,38)(H,35,40). The van der Waals surface area contributed by atoms with E-state index in [4.69, 9.17) is 11.2 Å². The minimum atomic E-state index is -1.17. The third kappa shape index (κ3) is 8.87. The second-order valence-corrected chi connectivity index (χ2v) is 10.9. The maximum absolute atomic E-state index is 14.1. The van der Waals surface area contributed by atoms with Crippen molar-refractivity contribution < 1.29 is 24.2 Å². The van der Waals surface area contributed by atoms with Gasteiger partial charge >= 0.3 is 6.09 Å². The van der Waals surface area contributed by atoms with E-state index in [0.717, 1.165) is 21.6 Å². The van der Waals surface area contributed by atoms with E-state index in [1.807, 2.05) is 62.4 Å². The van der Waals surface area contributed by atoms with Crippen molar-refractivity contribution >= 4 is 17.9 Å². The Morgan fingerprint density at radius 3 is 2.24 bits per heavy atom. The number of aromatic hydroxyl groups is 1. The number of hydrogen-bond donors (Lipinski definition) is 3. The van der Waals surface area contributed by atoms with Crippen molar-refractivity contribution in [3.63, 3.8) is 0 Å². The molecule has 0 aliphatic heterocycles. The van der Waals surface area contributed by atoms with Gasteiger partial charge in [0.1, 0.15) is 23.4 Å². The van der Waals surface area contributed by atoms with Crippen molar-refractivity contribution in [3.8, 4) is 18.2 Å². The number of phenolic OH excluding ortho intramolecular Hbond substituents is 1. The number of carbonyl (C=O) groups excluding carboxylic acids is 3. The summed E-state index contributed by atoms with van der Waals surface area (Å²) in [5, 5.41) is 15.3. The number of carbonyl (C=O) groups is 3. The SMILES string of the molecule is C#CN(C(=O)C(Cc1ccc(O)cc1)NC(=O)OC(C)(C)C)C(C(=O)NCc1ccccc1)c1cc(C)ccc1C. The summed E-state index contributed by atoms with van der Waals surface area (Å²) in [6.07, 6.45) is 5.17. The Hall–Kier alpha value is -4.77. The fraction of sp³-hybridized carbons (Fsp3) is 0.303. The van der Waals surface area contributed by atoms with E-state index >= 15 is 0 Å². The van der Waals surface area contributed by atoms with E-state index in [-0.39, 0.29) is 18.7 Å². The largest absolute Gasteiger partial charge is 0.508 e. The monoisotopic (exact) mass is 555 g/mol. The molecular formula is C33H37N3O5. The molecule has 8 heteroatoms. The van der Waals surface area contributed by atoms with E-state index in [1.54, 1.807) is 32.9 Å². The Labute approximate surface area is 241 Å². The van der Waals surface area contributed by atoms with Crippen molar-refractivity contribution in [1.29, 1.82) is 0 Å². The minimum Gasteiger partial charge on any atom is -0.508 e. The number of phenols is 1. The third-order valence-corrected chi connectivity index (χ3v) is 6.29. The van der Waals surface area contributed by atoms with Gasteiger partial charge < -0.3 is 20.5 Å². The predicted octanol–water partition coefficient (Wildman–Crippen LogP) is 4.92. The van der Waals surface area contributed by atoms with Crippen LogP contribution in [-0.4, -0.2) is 39.6 Å². The number of rotatable bonds is 9. The fourth-order valence-electron chi connectivity index (χ4n) is 4.28. The van der Waals surface area contributed by atoms with Crippen molar-refractivity contribution in [1.82, 2.24) is 15.5 Å². The molecule has 0 radical (unpaired) electrons. The molecular weight excluding hydrogens is 518 g/mol. The van der Waals surface area contributed by atoms with Gasteiger partial charge in [-0.1, -0.05) is 72.7 Å². The van der Waals surface area contributed by atoms with Crippen molar-refractivity contribution in [2.24, 2.45) is 0 Å². The molecule has 41 heavy (non-hydrogen) atoms. The number of alkyl carbamates (subject to hydrolysis) is 1. The number of ether oxygens (including phenoxy) is 1. The van der Waals surface area contributed by atoms with Crippen LogP contribution >= 0.6 is 0 Å². The number of hydrogen-bond acceptors (Lipinski definition) is 5. The first-order valence-corrected chi connectivity index (χ1v) is 13.3. The van der Waals surface area contributed by atoms with Gasteiger partial charge in [-0.15, -0.1) is 0 Å². The van der Waals surface area contributed by atoms with Gasteiger partial charge in [0.25, 0.3) is 5.91 Å². The van der Waals surface area contributed by atoms with Crippen LogP contribution in [0, 0.1) is 26.3 Å². The van der Waals surface area contributed by atoms with E-state index in [9.17, 15) is 19.5 Å². The van der Waals surface area contributed by atoms with E-state index in [1.165, 1.54) is 12.1 Å². The van der Waals surface area contributed by atoms with Gasteiger partial charge in [0.05, 0.1) is 0 Å². The third-order valence-electron chi connectivity index (χ3n) is 6.29. The molecule has 0 spiro atoms. The molecule has 0 aliphatic rings. The van der Waals surface area contributed by atoms with Gasteiger partial charge in [-0.05, 0) is 69.0 Å². The van der Waals surface area contributed by atoms with Crippen molar-refractivity contribution in [3.05, 3.63) is 101 Å². The van der Waals surface area contributed by atoms with Crippen molar-refractivity contribution in [2.45, 2.75) is 65.3 Å². The van der Waals surface area contributed by atoms with E-state index in [2.05, 4.69) is 16.7 Å². The molecule has 0 bridgehead atoms. The first-order valence-electron chi connectivity index (χ1n) is 13.3. The lowest BCUT2D eigenvalue weighted by molar-refractivity contribution is -0.138. The zero-order valence-corrected chi connectivity index (χ0v) is 24.1. The molecule has 2 atom stereocenters. The normalized spacial score (nSPS) is 12.4.